The molecule has 10 atom stereocenters. The van der Waals surface area contributed by atoms with Gasteiger partial charge in [-0.25, -0.2) is 0 Å². The second-order valence-corrected chi connectivity index (χ2v) is 17.1. The van der Waals surface area contributed by atoms with Crippen LogP contribution < -0.4 is 4.46 Å². The minimum absolute atomic E-state index is 0.0816. The summed E-state index contributed by atoms with van der Waals surface area (Å²) >= 11 is -0.0816. The summed E-state index contributed by atoms with van der Waals surface area (Å²) in [6.07, 6.45) is -4.00. The quantitative estimate of drug-likeness (QED) is 0.244. The first-order chi connectivity index (χ1) is 21.3. The number of ether oxygens (including phenoxy) is 8. The van der Waals surface area contributed by atoms with Crippen LogP contribution in [0.15, 0.2) is 72.8 Å². The fraction of sp³-hybridized carbons (Fsp3) is 0.562. The number of fused-ring (bicyclic) bond motifs is 1. The van der Waals surface area contributed by atoms with Crippen molar-refractivity contribution in [3.8, 4) is 0 Å². The molecule has 2 aromatic rings. The SMILES string of the molecule is C=C1[C@@H](CO[Si](C)(C)O[C@@H]2[C@@H](OC)[C@@H]3OC(c4ccccc4)OC[C@H]3O[C@H]2[Se]c2ccccc2)O[C@H](OC)[C@H](OC)[C@H]1OC. The molecule has 12 heteroatoms. The molecule has 0 bridgehead atoms. The second-order valence-electron chi connectivity index (χ2n) is 11.3. The molecule has 0 saturated carbocycles. The normalized spacial score (nSPS) is 34.5. The molecule has 0 N–H and O–H groups in total. The Hall–Kier alpha value is -1.48. The average Bonchev–Trinajstić information content (AvgIpc) is 3.04. The molecule has 0 aliphatic carbocycles. The zero-order valence-electron chi connectivity index (χ0n) is 26.2. The van der Waals surface area contributed by atoms with E-state index in [0.29, 0.717) is 6.61 Å². The van der Waals surface area contributed by atoms with E-state index in [1.165, 1.54) is 4.46 Å². The molecule has 0 aromatic heterocycles. The third-order valence-corrected chi connectivity index (χ3v) is 12.2. The predicted octanol–water partition coefficient (Wildman–Crippen LogP) is 2.93. The van der Waals surface area contributed by atoms with Crippen molar-refractivity contribution in [2.75, 3.05) is 41.7 Å². The van der Waals surface area contributed by atoms with Crippen molar-refractivity contribution in [2.45, 2.75) is 73.4 Å². The summed E-state index contributed by atoms with van der Waals surface area (Å²) in [4.78, 5) is 0. The molecule has 44 heavy (non-hydrogen) atoms. The van der Waals surface area contributed by atoms with E-state index in [1.54, 1.807) is 28.4 Å². The molecule has 3 heterocycles. The Bertz CT molecular complexity index is 1190. The Kier molecular flexibility index (Phi) is 11.9. The van der Waals surface area contributed by atoms with Gasteiger partial charge in [-0.1, -0.05) is 0 Å². The summed E-state index contributed by atoms with van der Waals surface area (Å²) in [5, 5.41) is -0.258. The molecule has 3 saturated heterocycles. The van der Waals surface area contributed by atoms with Gasteiger partial charge in [0.25, 0.3) is 0 Å². The predicted molar refractivity (Wildman–Crippen MR) is 166 cm³/mol. The zero-order chi connectivity index (χ0) is 31.3. The standard InChI is InChI=1S/C32H44O10SeSi/c1-20-23(39-31(36-5)28(35-4)25(20)33-2)19-38-44(6,7)42-29-27(34-3)26-24(40-32(29)43-22-16-12-9-13-17-22)18-37-30(41-26)21-14-10-8-11-15-21/h8-17,23-32H,1,18-19H2,2-7H3/t23-,24-,25+,26-,27+,28-,29-,30?,31+,32+/m1/s1. The Morgan fingerprint density at radius 3 is 2.14 bits per heavy atom. The third-order valence-electron chi connectivity index (χ3n) is 8.03. The van der Waals surface area contributed by atoms with Crippen LogP contribution in [-0.2, 0) is 46.7 Å². The van der Waals surface area contributed by atoms with Crippen LogP contribution in [0.1, 0.15) is 11.9 Å². The summed E-state index contributed by atoms with van der Waals surface area (Å²) in [6, 6.07) is 20.2. The van der Waals surface area contributed by atoms with Crippen LogP contribution in [0.25, 0.3) is 0 Å². The number of methoxy groups -OCH3 is 4. The molecular weight excluding hydrogens is 651 g/mol. The zero-order valence-corrected chi connectivity index (χ0v) is 28.9. The van der Waals surface area contributed by atoms with Crippen LogP contribution in [0.3, 0.4) is 0 Å². The van der Waals surface area contributed by atoms with Crippen molar-refractivity contribution < 1.29 is 46.7 Å². The van der Waals surface area contributed by atoms with Crippen molar-refractivity contribution in [3.63, 3.8) is 0 Å². The van der Waals surface area contributed by atoms with Crippen LogP contribution in [0.4, 0.5) is 0 Å². The van der Waals surface area contributed by atoms with Gasteiger partial charge in [0.1, 0.15) is 0 Å². The van der Waals surface area contributed by atoms with Crippen molar-refractivity contribution in [1.82, 2.24) is 0 Å². The van der Waals surface area contributed by atoms with E-state index in [0.717, 1.165) is 11.1 Å². The number of hydrogen-bond donors (Lipinski definition) is 0. The maximum absolute atomic E-state index is 6.92. The topological polar surface area (TPSA) is 92.3 Å². The van der Waals surface area contributed by atoms with Gasteiger partial charge >= 0.3 is 268 Å². The fourth-order valence-electron chi connectivity index (χ4n) is 5.81. The Morgan fingerprint density at radius 2 is 1.50 bits per heavy atom. The number of rotatable bonds is 12. The van der Waals surface area contributed by atoms with Crippen LogP contribution in [0.5, 0.6) is 0 Å². The molecule has 2 aromatic carbocycles. The molecule has 3 fully saturated rings. The van der Waals surface area contributed by atoms with Crippen molar-refractivity contribution in [1.29, 1.82) is 0 Å². The van der Waals surface area contributed by atoms with Gasteiger partial charge in [-0.3, -0.25) is 0 Å². The van der Waals surface area contributed by atoms with Gasteiger partial charge in [-0.05, 0) is 0 Å². The van der Waals surface area contributed by atoms with Gasteiger partial charge in [0.05, 0.1) is 0 Å². The van der Waals surface area contributed by atoms with E-state index >= 15 is 0 Å². The van der Waals surface area contributed by atoms with Crippen LogP contribution >= 0.6 is 0 Å². The van der Waals surface area contributed by atoms with Crippen molar-refractivity contribution in [3.05, 3.63) is 78.4 Å². The van der Waals surface area contributed by atoms with E-state index in [4.69, 9.17) is 46.7 Å². The van der Waals surface area contributed by atoms with Gasteiger partial charge in [0, 0.05) is 0 Å². The molecule has 0 amide bonds. The van der Waals surface area contributed by atoms with Crippen LogP contribution in [-0.4, -0.2) is 119 Å². The van der Waals surface area contributed by atoms with Gasteiger partial charge in [-0.15, -0.1) is 0 Å². The monoisotopic (exact) mass is 696 g/mol. The number of hydrogen-bond acceptors (Lipinski definition) is 10. The number of benzene rings is 2. The Balaban J connectivity index is 1.33. The molecule has 0 spiro atoms. The summed E-state index contributed by atoms with van der Waals surface area (Å²) in [5.41, 5.74) is 1.67. The summed E-state index contributed by atoms with van der Waals surface area (Å²) in [5.74, 6) is 0. The molecular formula is C32H44O10SeSi. The fourth-order valence-corrected chi connectivity index (χ4v) is 9.92. The second kappa shape index (κ2) is 15.4. The Labute approximate surface area is 267 Å². The Morgan fingerprint density at radius 1 is 0.818 bits per heavy atom. The molecule has 10 nitrogen and oxygen atoms in total. The molecule has 5 rings (SSSR count). The van der Waals surface area contributed by atoms with E-state index in [2.05, 4.69) is 18.7 Å². The van der Waals surface area contributed by atoms with Crippen LogP contribution in [0.2, 0.25) is 13.1 Å². The van der Waals surface area contributed by atoms with Crippen molar-refractivity contribution in [2.24, 2.45) is 0 Å². The minimum atomic E-state index is -2.82. The van der Waals surface area contributed by atoms with Crippen LogP contribution in [0, 0.1) is 0 Å². The average molecular weight is 696 g/mol. The maximum atomic E-state index is 6.92. The van der Waals surface area contributed by atoms with Gasteiger partial charge in [0.2, 0.25) is 0 Å². The first kappa shape index (κ1) is 33.9. The summed E-state index contributed by atoms with van der Waals surface area (Å²) < 4.78 is 63.2. The van der Waals surface area contributed by atoms with Crippen molar-refractivity contribution >= 4 is 28.0 Å². The summed E-state index contributed by atoms with van der Waals surface area (Å²) in [7, 11) is 3.67. The van der Waals surface area contributed by atoms with E-state index in [1.807, 2.05) is 61.6 Å². The van der Waals surface area contributed by atoms with E-state index in [-0.39, 0.29) is 32.7 Å². The van der Waals surface area contributed by atoms with Gasteiger partial charge < -0.3 is 0 Å². The summed E-state index contributed by atoms with van der Waals surface area (Å²) in [6.45, 7) is 8.88. The van der Waals surface area contributed by atoms with E-state index < -0.39 is 57.8 Å². The molecule has 0 radical (unpaired) electrons. The third kappa shape index (κ3) is 7.72. The van der Waals surface area contributed by atoms with Gasteiger partial charge in [-0.2, -0.15) is 0 Å². The molecule has 3 aliphatic rings. The molecule has 3 aliphatic heterocycles. The molecule has 1 unspecified atom stereocenters. The first-order valence-electron chi connectivity index (χ1n) is 14.7. The first-order valence-corrected chi connectivity index (χ1v) is 19.4. The van der Waals surface area contributed by atoms with Gasteiger partial charge in [0.15, 0.2) is 0 Å². The van der Waals surface area contributed by atoms with E-state index in [9.17, 15) is 0 Å². The molecule has 242 valence electrons.